The van der Waals surface area contributed by atoms with Gasteiger partial charge in [0, 0.05) is 24.8 Å². The lowest BCUT2D eigenvalue weighted by Gasteiger charge is -2.06. The van der Waals surface area contributed by atoms with E-state index in [9.17, 15) is 18.4 Å². The number of anilines is 2. The Balaban J connectivity index is 0.000000190. The molecule has 252 valence electrons. The lowest BCUT2D eigenvalue weighted by molar-refractivity contribution is 0.0690. The molecule has 0 atom stereocenters. The summed E-state index contributed by atoms with van der Waals surface area (Å²) in [6, 6.07) is 29.6. The molecule has 0 saturated carbocycles. The van der Waals surface area contributed by atoms with Crippen molar-refractivity contribution < 1.29 is 23.5 Å². The number of aromatic carboxylic acids is 1. The Morgan fingerprint density at radius 2 is 1.18 bits per heavy atom. The number of nitrogens with zero attached hydrogens (tertiary/aromatic N) is 6. The summed E-state index contributed by atoms with van der Waals surface area (Å²) >= 11 is 0. The van der Waals surface area contributed by atoms with Crippen LogP contribution >= 0.6 is 0 Å². The molecule has 0 radical (unpaired) electrons. The Morgan fingerprint density at radius 1 is 0.647 bits per heavy atom. The van der Waals surface area contributed by atoms with E-state index in [0.29, 0.717) is 35.6 Å². The number of carbonyl (C=O) groups is 2. The number of rotatable bonds is 7. The number of nitrogens with one attached hydrogen (secondary N) is 1. The highest BCUT2D eigenvalue weighted by Crippen LogP contribution is 2.14. The Hall–Kier alpha value is -7.38. The number of amides is 1. The number of nitriles is 2. The number of hydrogen-bond donors (Lipinski definition) is 3. The van der Waals surface area contributed by atoms with E-state index in [2.05, 4.69) is 25.3 Å². The summed E-state index contributed by atoms with van der Waals surface area (Å²) in [5.74, 6) is -1.10. The van der Waals surface area contributed by atoms with Crippen LogP contribution in [0.4, 0.5) is 20.4 Å². The third kappa shape index (κ3) is 12.0. The number of halogens is 2. The van der Waals surface area contributed by atoms with Crippen molar-refractivity contribution in [1.29, 1.82) is 10.5 Å². The zero-order chi connectivity index (χ0) is 36.6. The molecule has 6 aromatic rings. The molecule has 0 spiro atoms. The first kappa shape index (κ1) is 36.5. The molecule has 0 unspecified atom stereocenters. The Bertz CT molecular complexity index is 2170. The molecule has 2 aromatic carbocycles. The maximum atomic E-state index is 13.2. The first-order chi connectivity index (χ1) is 24.6. The van der Waals surface area contributed by atoms with Crippen molar-refractivity contribution in [2.45, 2.75) is 12.8 Å². The van der Waals surface area contributed by atoms with Gasteiger partial charge in [-0.3, -0.25) is 4.79 Å². The fourth-order valence-electron chi connectivity index (χ4n) is 4.27. The summed E-state index contributed by atoms with van der Waals surface area (Å²) in [6.07, 6.45) is 7.13. The van der Waals surface area contributed by atoms with E-state index in [-0.39, 0.29) is 23.0 Å². The van der Waals surface area contributed by atoms with Gasteiger partial charge in [0.15, 0.2) is 0 Å². The summed E-state index contributed by atoms with van der Waals surface area (Å²) in [5, 5.41) is 28.1. The van der Waals surface area contributed by atoms with Crippen molar-refractivity contribution in [2.75, 3.05) is 11.1 Å². The molecule has 0 saturated heterocycles. The third-order valence-corrected chi connectivity index (χ3v) is 6.75. The van der Waals surface area contributed by atoms with Crippen LogP contribution in [-0.2, 0) is 12.8 Å². The molecule has 6 rings (SSSR count). The topological polar surface area (TPSA) is 192 Å². The van der Waals surface area contributed by atoms with Gasteiger partial charge in [0.1, 0.15) is 46.8 Å². The van der Waals surface area contributed by atoms with Crippen LogP contribution in [0.5, 0.6) is 0 Å². The molecular weight excluding hydrogens is 654 g/mol. The van der Waals surface area contributed by atoms with Crippen molar-refractivity contribution in [1.82, 2.24) is 19.9 Å². The van der Waals surface area contributed by atoms with E-state index in [1.807, 2.05) is 36.4 Å². The number of hydrogen-bond acceptors (Lipinski definition) is 9. The number of aromatic nitrogens is 4. The van der Waals surface area contributed by atoms with Gasteiger partial charge in [0.05, 0.1) is 11.1 Å². The lowest BCUT2D eigenvalue weighted by Crippen LogP contribution is -2.14. The summed E-state index contributed by atoms with van der Waals surface area (Å²) in [5.41, 5.74) is 10.1. The van der Waals surface area contributed by atoms with Crippen molar-refractivity contribution in [3.8, 4) is 12.1 Å². The molecule has 0 fully saturated rings. The van der Waals surface area contributed by atoms with Gasteiger partial charge in [-0.05, 0) is 95.8 Å². The normalized spacial score (nSPS) is 9.80. The van der Waals surface area contributed by atoms with E-state index in [1.54, 1.807) is 36.7 Å². The van der Waals surface area contributed by atoms with Crippen LogP contribution in [-0.4, -0.2) is 36.9 Å². The number of pyridine rings is 4. The van der Waals surface area contributed by atoms with Crippen molar-refractivity contribution in [2.24, 2.45) is 0 Å². The van der Waals surface area contributed by atoms with E-state index < -0.39 is 11.9 Å². The van der Waals surface area contributed by atoms with Gasteiger partial charge in [0.25, 0.3) is 5.91 Å². The zero-order valence-corrected chi connectivity index (χ0v) is 26.7. The van der Waals surface area contributed by atoms with Crippen LogP contribution in [0, 0.1) is 34.3 Å². The summed E-state index contributed by atoms with van der Waals surface area (Å²) in [4.78, 5) is 38.0. The molecule has 1 amide bonds. The lowest BCUT2D eigenvalue weighted by atomic mass is 10.1. The van der Waals surface area contributed by atoms with Crippen LogP contribution < -0.4 is 11.1 Å². The van der Waals surface area contributed by atoms with Crippen LogP contribution in [0.2, 0.25) is 0 Å². The predicted molar refractivity (Wildman–Crippen MR) is 184 cm³/mol. The average Bonchev–Trinajstić information content (AvgIpc) is 3.14. The van der Waals surface area contributed by atoms with Crippen LogP contribution in [0.25, 0.3) is 0 Å². The highest BCUT2D eigenvalue weighted by molar-refractivity contribution is 6.02. The van der Waals surface area contributed by atoms with Crippen molar-refractivity contribution in [3.05, 3.63) is 178 Å². The van der Waals surface area contributed by atoms with Gasteiger partial charge in [-0.1, -0.05) is 36.4 Å². The fourth-order valence-corrected chi connectivity index (χ4v) is 4.27. The van der Waals surface area contributed by atoms with Gasteiger partial charge in [-0.2, -0.15) is 10.5 Å². The molecule has 13 heteroatoms. The first-order valence-corrected chi connectivity index (χ1v) is 15.0. The Kier molecular flexibility index (Phi) is 13.0. The Morgan fingerprint density at radius 3 is 1.59 bits per heavy atom. The van der Waals surface area contributed by atoms with Gasteiger partial charge in [-0.25, -0.2) is 33.5 Å². The molecule has 4 N–H and O–H groups in total. The zero-order valence-electron chi connectivity index (χ0n) is 26.7. The number of benzene rings is 2. The first-order valence-electron chi connectivity index (χ1n) is 15.0. The highest BCUT2D eigenvalue weighted by atomic mass is 19.1. The predicted octanol–water partition coefficient (Wildman–Crippen LogP) is 6.38. The average molecular weight is 683 g/mol. The number of carboxylic acids is 1. The molecule has 4 heterocycles. The maximum absolute atomic E-state index is 13.2. The second kappa shape index (κ2) is 18.2. The minimum atomic E-state index is -1.09. The monoisotopic (exact) mass is 682 g/mol. The number of nitrogen functional groups attached to an aromatic ring is 1. The van der Waals surface area contributed by atoms with Crippen LogP contribution in [0.3, 0.4) is 0 Å². The van der Waals surface area contributed by atoms with Crippen LogP contribution in [0.1, 0.15) is 54.4 Å². The largest absolute Gasteiger partial charge is 0.477 e. The Labute approximate surface area is 291 Å². The quantitative estimate of drug-likeness (QED) is 0.170. The van der Waals surface area contributed by atoms with E-state index >= 15 is 0 Å². The molecule has 4 aromatic heterocycles. The van der Waals surface area contributed by atoms with Gasteiger partial charge < -0.3 is 16.2 Å². The van der Waals surface area contributed by atoms with Crippen molar-refractivity contribution >= 4 is 23.5 Å². The third-order valence-electron chi connectivity index (χ3n) is 6.75. The highest BCUT2D eigenvalue weighted by Gasteiger charge is 2.09. The molecular formula is C38H28F2N8O3. The van der Waals surface area contributed by atoms with E-state index in [0.717, 1.165) is 22.3 Å². The number of carbonyl (C=O) groups excluding carboxylic acids is 1. The van der Waals surface area contributed by atoms with Crippen LogP contribution in [0.15, 0.2) is 122 Å². The molecule has 11 nitrogen and oxygen atoms in total. The van der Waals surface area contributed by atoms with Gasteiger partial charge >= 0.3 is 5.97 Å². The second-order valence-corrected chi connectivity index (χ2v) is 10.6. The molecule has 0 aliphatic carbocycles. The fraction of sp³-hybridized carbons (Fsp3) is 0.0526. The molecule has 51 heavy (non-hydrogen) atoms. The number of nitrogens with two attached hydrogens (primary N) is 1. The van der Waals surface area contributed by atoms with E-state index in [4.69, 9.17) is 21.4 Å². The second-order valence-electron chi connectivity index (χ2n) is 10.6. The summed E-state index contributed by atoms with van der Waals surface area (Å²) in [7, 11) is 0. The SMILES string of the molecule is N#Cc1ccc(C(=O)Nc2ccc(Cc3cccc(F)c3)cn2)nc1.N#Cc1ccc(C(=O)O)nc1.Nc1ccc(Cc2cccc(F)c2)cn1. The smallest absolute Gasteiger partial charge is 0.354 e. The van der Waals surface area contributed by atoms with E-state index in [1.165, 1.54) is 60.9 Å². The van der Waals surface area contributed by atoms with Gasteiger partial charge in [-0.15, -0.1) is 0 Å². The summed E-state index contributed by atoms with van der Waals surface area (Å²) in [6.45, 7) is 0. The summed E-state index contributed by atoms with van der Waals surface area (Å²) < 4.78 is 26.1. The maximum Gasteiger partial charge on any atom is 0.354 e. The number of carboxylic acid groups (broad SMARTS) is 1. The standard InChI is InChI=1S/C19H13FN4O.C12H11FN2.C7H4N2O2/c20-16-3-1-2-13(9-16)8-14-5-7-18(23-11-14)24-19(25)17-6-4-15(10-21)12-22-17;13-11-3-1-2-9(7-11)6-10-4-5-12(14)15-8-10;8-3-5-1-2-6(7(10)11)9-4-5/h1-7,9,11-12H,8H2,(H,23,24,25);1-5,7-8H,6H2,(H2,14,15);1-2,4H,(H,10,11). The minimum Gasteiger partial charge on any atom is -0.477 e. The van der Waals surface area contributed by atoms with Crippen molar-refractivity contribution in [3.63, 3.8) is 0 Å². The minimum absolute atomic E-state index is 0.0519. The molecule has 0 aliphatic heterocycles. The molecule has 0 aliphatic rings. The molecule has 0 bridgehead atoms. The van der Waals surface area contributed by atoms with Gasteiger partial charge in [0.2, 0.25) is 0 Å².